The highest BCUT2D eigenvalue weighted by Crippen LogP contribution is 2.23. The summed E-state index contributed by atoms with van der Waals surface area (Å²) in [6.07, 6.45) is 0. The second-order valence-electron chi connectivity index (χ2n) is 6.80. The van der Waals surface area contributed by atoms with E-state index in [-0.39, 0.29) is 17.3 Å². The van der Waals surface area contributed by atoms with E-state index < -0.39 is 5.97 Å². The summed E-state index contributed by atoms with van der Waals surface area (Å²) < 4.78 is 12.8. The number of halogens is 1. The number of pyridine rings is 1. The molecule has 0 atom stereocenters. The fraction of sp³-hybridized carbons (Fsp3) is 0.182. The SMILES string of the molecule is Cc1cc(C)n(-c2ccc(Cl)c(C(=O)OCc3nc(-c4ccccc4)oc3C)n2)n1. The molecule has 4 rings (SSSR count). The molecule has 0 unspecified atom stereocenters. The number of rotatable bonds is 5. The van der Waals surface area contributed by atoms with E-state index in [0.717, 1.165) is 17.0 Å². The molecule has 30 heavy (non-hydrogen) atoms. The standard InChI is InChI=1S/C22H19ClN4O3/c1-13-11-14(2)27(26-13)19-10-9-17(23)20(25-19)22(28)29-12-18-15(3)30-21(24-18)16-7-5-4-6-8-16/h4-11H,12H2,1-3H3. The Balaban J connectivity index is 1.53. The van der Waals surface area contributed by atoms with Crippen LogP contribution in [-0.2, 0) is 11.3 Å². The quantitative estimate of drug-likeness (QED) is 0.427. The molecule has 0 spiro atoms. The number of oxazole rings is 1. The summed E-state index contributed by atoms with van der Waals surface area (Å²) in [6.45, 7) is 5.52. The van der Waals surface area contributed by atoms with Crippen molar-refractivity contribution in [2.75, 3.05) is 0 Å². The summed E-state index contributed by atoms with van der Waals surface area (Å²) in [5, 5.41) is 4.58. The second kappa shape index (κ2) is 8.12. The second-order valence-corrected chi connectivity index (χ2v) is 7.21. The van der Waals surface area contributed by atoms with Crippen molar-refractivity contribution < 1.29 is 13.9 Å². The highest BCUT2D eigenvalue weighted by molar-refractivity contribution is 6.33. The Labute approximate surface area is 178 Å². The Morgan fingerprint density at radius 2 is 1.87 bits per heavy atom. The van der Waals surface area contributed by atoms with E-state index in [1.807, 2.05) is 50.2 Å². The van der Waals surface area contributed by atoms with E-state index in [1.54, 1.807) is 23.7 Å². The predicted octanol–water partition coefficient (Wildman–Crippen LogP) is 4.86. The van der Waals surface area contributed by atoms with Crippen LogP contribution in [-0.4, -0.2) is 25.7 Å². The lowest BCUT2D eigenvalue weighted by atomic mass is 10.2. The van der Waals surface area contributed by atoms with Gasteiger partial charge in [-0.2, -0.15) is 5.10 Å². The van der Waals surface area contributed by atoms with Gasteiger partial charge in [-0.3, -0.25) is 0 Å². The van der Waals surface area contributed by atoms with Crippen molar-refractivity contribution in [1.29, 1.82) is 0 Å². The van der Waals surface area contributed by atoms with Gasteiger partial charge in [-0.05, 0) is 51.1 Å². The minimum Gasteiger partial charge on any atom is -0.454 e. The Kier molecular flexibility index (Phi) is 5.37. The van der Waals surface area contributed by atoms with Crippen molar-refractivity contribution in [2.45, 2.75) is 27.4 Å². The Hall–Kier alpha value is -3.45. The van der Waals surface area contributed by atoms with Gasteiger partial charge in [0, 0.05) is 11.3 Å². The van der Waals surface area contributed by atoms with Crippen LogP contribution in [0, 0.1) is 20.8 Å². The Morgan fingerprint density at radius 3 is 2.57 bits per heavy atom. The summed E-state index contributed by atoms with van der Waals surface area (Å²) in [5.41, 5.74) is 3.15. The molecule has 0 amide bonds. The zero-order valence-corrected chi connectivity index (χ0v) is 17.5. The third kappa shape index (κ3) is 3.97. The maximum atomic E-state index is 12.6. The van der Waals surface area contributed by atoms with Crippen LogP contribution >= 0.6 is 11.6 Å². The van der Waals surface area contributed by atoms with E-state index >= 15 is 0 Å². The van der Waals surface area contributed by atoms with Gasteiger partial charge in [0.1, 0.15) is 18.1 Å². The molecule has 3 aromatic heterocycles. The van der Waals surface area contributed by atoms with Gasteiger partial charge in [-0.25, -0.2) is 19.4 Å². The molecular formula is C22H19ClN4O3. The molecular weight excluding hydrogens is 404 g/mol. The largest absolute Gasteiger partial charge is 0.454 e. The minimum absolute atomic E-state index is 0.0196. The molecule has 1 aromatic carbocycles. The molecule has 0 saturated heterocycles. The number of benzene rings is 1. The van der Waals surface area contributed by atoms with Gasteiger partial charge in [-0.15, -0.1) is 0 Å². The van der Waals surface area contributed by atoms with Crippen molar-refractivity contribution in [2.24, 2.45) is 0 Å². The first-order valence-electron chi connectivity index (χ1n) is 9.31. The lowest BCUT2D eigenvalue weighted by Gasteiger charge is -2.08. The van der Waals surface area contributed by atoms with Crippen molar-refractivity contribution in [3.63, 3.8) is 0 Å². The van der Waals surface area contributed by atoms with Gasteiger partial charge in [0.2, 0.25) is 5.89 Å². The zero-order valence-electron chi connectivity index (χ0n) is 16.7. The predicted molar refractivity (Wildman–Crippen MR) is 112 cm³/mol. The monoisotopic (exact) mass is 422 g/mol. The lowest BCUT2D eigenvalue weighted by Crippen LogP contribution is -2.12. The minimum atomic E-state index is -0.646. The van der Waals surface area contributed by atoms with Crippen molar-refractivity contribution >= 4 is 17.6 Å². The first-order valence-corrected chi connectivity index (χ1v) is 9.69. The van der Waals surface area contributed by atoms with E-state index in [4.69, 9.17) is 20.8 Å². The molecule has 0 aliphatic rings. The summed E-state index contributed by atoms with van der Waals surface area (Å²) in [6, 6.07) is 14.7. The van der Waals surface area contributed by atoms with Crippen LogP contribution in [0.25, 0.3) is 17.3 Å². The molecule has 152 valence electrons. The van der Waals surface area contributed by atoms with Crippen LogP contribution in [0.1, 0.15) is 33.3 Å². The molecule has 0 fully saturated rings. The van der Waals surface area contributed by atoms with Gasteiger partial charge in [0.05, 0.1) is 10.7 Å². The van der Waals surface area contributed by atoms with Crippen LogP contribution in [0.5, 0.6) is 0 Å². The summed E-state index contributed by atoms with van der Waals surface area (Å²) in [4.78, 5) is 21.4. The highest BCUT2D eigenvalue weighted by Gasteiger charge is 2.19. The number of carbonyl (C=O) groups is 1. The Morgan fingerprint density at radius 1 is 1.10 bits per heavy atom. The molecule has 8 heteroatoms. The highest BCUT2D eigenvalue weighted by atomic mass is 35.5. The van der Waals surface area contributed by atoms with E-state index in [9.17, 15) is 4.79 Å². The topological polar surface area (TPSA) is 83.0 Å². The number of nitrogens with zero attached hydrogens (tertiary/aromatic N) is 4. The van der Waals surface area contributed by atoms with Crippen LogP contribution in [0.15, 0.2) is 52.9 Å². The number of ether oxygens (including phenoxy) is 1. The fourth-order valence-electron chi connectivity index (χ4n) is 3.02. The van der Waals surface area contributed by atoms with Gasteiger partial charge < -0.3 is 9.15 Å². The number of aromatic nitrogens is 4. The maximum absolute atomic E-state index is 12.6. The van der Waals surface area contributed by atoms with E-state index in [2.05, 4.69) is 15.1 Å². The maximum Gasteiger partial charge on any atom is 0.358 e. The van der Waals surface area contributed by atoms with Crippen LogP contribution in [0.2, 0.25) is 5.02 Å². The number of hydrogen-bond donors (Lipinski definition) is 0. The first-order chi connectivity index (χ1) is 14.4. The molecule has 0 aliphatic carbocycles. The van der Waals surface area contributed by atoms with Crippen molar-refractivity contribution in [3.8, 4) is 17.3 Å². The van der Waals surface area contributed by atoms with Crippen molar-refractivity contribution in [3.05, 3.63) is 82.1 Å². The number of esters is 1. The number of hydrogen-bond acceptors (Lipinski definition) is 6. The molecule has 0 N–H and O–H groups in total. The fourth-order valence-corrected chi connectivity index (χ4v) is 3.20. The third-order valence-electron chi connectivity index (χ3n) is 4.50. The summed E-state index contributed by atoms with van der Waals surface area (Å²) in [7, 11) is 0. The van der Waals surface area contributed by atoms with Gasteiger partial charge in [0.25, 0.3) is 0 Å². The molecule has 0 aliphatic heterocycles. The van der Waals surface area contributed by atoms with Crippen LogP contribution < -0.4 is 0 Å². The van der Waals surface area contributed by atoms with Gasteiger partial charge in [-0.1, -0.05) is 29.8 Å². The van der Waals surface area contributed by atoms with Crippen molar-refractivity contribution in [1.82, 2.24) is 19.7 Å². The van der Waals surface area contributed by atoms with Gasteiger partial charge in [0.15, 0.2) is 11.5 Å². The molecule has 0 saturated carbocycles. The zero-order chi connectivity index (χ0) is 21.3. The molecule has 0 radical (unpaired) electrons. The molecule has 4 aromatic rings. The normalized spacial score (nSPS) is 10.9. The van der Waals surface area contributed by atoms with E-state index in [0.29, 0.717) is 23.2 Å². The molecule has 7 nitrogen and oxygen atoms in total. The third-order valence-corrected chi connectivity index (χ3v) is 4.81. The van der Waals surface area contributed by atoms with Crippen LogP contribution in [0.4, 0.5) is 0 Å². The number of aryl methyl sites for hydroxylation is 3. The number of carbonyl (C=O) groups excluding carboxylic acids is 1. The average Bonchev–Trinajstić information content (AvgIpc) is 3.28. The lowest BCUT2D eigenvalue weighted by molar-refractivity contribution is 0.0460. The summed E-state index contributed by atoms with van der Waals surface area (Å²) >= 11 is 6.19. The van der Waals surface area contributed by atoms with E-state index in [1.165, 1.54) is 0 Å². The van der Waals surface area contributed by atoms with Gasteiger partial charge >= 0.3 is 5.97 Å². The molecule has 0 bridgehead atoms. The smallest absolute Gasteiger partial charge is 0.358 e. The first kappa shape index (κ1) is 19.8. The van der Waals surface area contributed by atoms with Crippen LogP contribution in [0.3, 0.4) is 0 Å². The Bertz CT molecular complexity index is 1210. The summed E-state index contributed by atoms with van der Waals surface area (Å²) in [5.74, 6) is 0.895. The average molecular weight is 423 g/mol. The molecule has 3 heterocycles.